The average molecular weight is 328 g/mol. The summed E-state index contributed by atoms with van der Waals surface area (Å²) >= 11 is 4.79. The molecule has 2 aliphatic carbocycles. The third-order valence-corrected chi connectivity index (χ3v) is 5.77. The fourth-order valence-corrected chi connectivity index (χ4v) is 4.57. The lowest BCUT2D eigenvalue weighted by molar-refractivity contribution is 0.471. The van der Waals surface area contributed by atoms with Gasteiger partial charge in [-0.3, -0.25) is 0 Å². The molecule has 0 heterocycles. The van der Waals surface area contributed by atoms with E-state index in [0.29, 0.717) is 11.8 Å². The van der Waals surface area contributed by atoms with Gasteiger partial charge in [-0.1, -0.05) is 18.3 Å². The molecule has 21 heavy (non-hydrogen) atoms. The first kappa shape index (κ1) is 14.9. The summed E-state index contributed by atoms with van der Waals surface area (Å²) < 4.78 is 41.8. The molecule has 2 saturated carbocycles. The van der Waals surface area contributed by atoms with E-state index in [1.165, 1.54) is 12.1 Å². The van der Waals surface area contributed by atoms with E-state index in [-0.39, 0.29) is 21.5 Å². The molecule has 1 aromatic carbocycles. The Labute approximate surface area is 129 Å². The van der Waals surface area contributed by atoms with E-state index in [9.17, 15) is 12.8 Å². The zero-order valence-electron chi connectivity index (χ0n) is 11.4. The molecule has 0 aromatic heterocycles. The average Bonchev–Trinajstić information content (AvgIpc) is 3.27. The van der Waals surface area contributed by atoms with Gasteiger partial charge in [-0.05, 0) is 49.7 Å². The lowest BCUT2D eigenvalue weighted by Gasteiger charge is -2.19. The first-order valence-electron chi connectivity index (χ1n) is 7.01. The molecule has 114 valence electrons. The Kier molecular flexibility index (Phi) is 3.75. The van der Waals surface area contributed by atoms with Crippen LogP contribution < -0.4 is 10.5 Å². The van der Waals surface area contributed by atoms with Crippen LogP contribution >= 0.6 is 12.2 Å². The molecule has 0 saturated heterocycles. The van der Waals surface area contributed by atoms with Crippen LogP contribution in [0.25, 0.3) is 0 Å². The Bertz CT molecular complexity index is 670. The summed E-state index contributed by atoms with van der Waals surface area (Å²) in [6.45, 7) is 0. The molecule has 0 unspecified atom stereocenters. The van der Waals surface area contributed by atoms with Crippen molar-refractivity contribution < 1.29 is 12.8 Å². The molecule has 0 atom stereocenters. The van der Waals surface area contributed by atoms with Crippen LogP contribution in [0, 0.1) is 17.7 Å². The molecule has 2 aliphatic rings. The smallest absolute Gasteiger partial charge is 0.241 e. The van der Waals surface area contributed by atoms with Crippen molar-refractivity contribution in [2.75, 3.05) is 0 Å². The molecule has 0 amide bonds. The van der Waals surface area contributed by atoms with E-state index in [1.54, 1.807) is 0 Å². The number of hydrogen-bond acceptors (Lipinski definition) is 3. The topological polar surface area (TPSA) is 72.2 Å². The molecular weight excluding hydrogens is 311 g/mol. The van der Waals surface area contributed by atoms with Gasteiger partial charge < -0.3 is 5.73 Å². The van der Waals surface area contributed by atoms with Crippen molar-refractivity contribution in [2.24, 2.45) is 17.6 Å². The van der Waals surface area contributed by atoms with Crippen LogP contribution in [-0.4, -0.2) is 19.4 Å². The zero-order chi connectivity index (χ0) is 15.2. The van der Waals surface area contributed by atoms with Gasteiger partial charge >= 0.3 is 0 Å². The van der Waals surface area contributed by atoms with Crippen LogP contribution in [0.4, 0.5) is 4.39 Å². The maximum Gasteiger partial charge on any atom is 0.241 e. The number of rotatable bonds is 6. The van der Waals surface area contributed by atoms with Crippen molar-refractivity contribution >= 4 is 27.2 Å². The van der Waals surface area contributed by atoms with Gasteiger partial charge in [-0.15, -0.1) is 0 Å². The van der Waals surface area contributed by atoms with Gasteiger partial charge in [0.15, 0.2) is 0 Å². The van der Waals surface area contributed by atoms with Crippen molar-refractivity contribution in [1.29, 1.82) is 0 Å². The van der Waals surface area contributed by atoms with E-state index in [2.05, 4.69) is 4.72 Å². The molecule has 0 aliphatic heterocycles. The number of nitrogens with one attached hydrogen (secondary N) is 1. The Morgan fingerprint density at radius 1 is 1.29 bits per heavy atom. The highest BCUT2D eigenvalue weighted by atomic mass is 32.2. The monoisotopic (exact) mass is 328 g/mol. The number of benzene rings is 1. The fraction of sp³-hybridized carbons (Fsp3) is 0.500. The molecule has 1 aromatic rings. The van der Waals surface area contributed by atoms with Crippen molar-refractivity contribution in [3.05, 3.63) is 29.6 Å². The van der Waals surface area contributed by atoms with Gasteiger partial charge in [0.2, 0.25) is 10.0 Å². The first-order valence-corrected chi connectivity index (χ1v) is 8.90. The van der Waals surface area contributed by atoms with E-state index in [4.69, 9.17) is 18.0 Å². The maximum absolute atomic E-state index is 13.9. The Hall–Kier alpha value is -1.05. The lowest BCUT2D eigenvalue weighted by Crippen LogP contribution is -2.39. The minimum Gasteiger partial charge on any atom is -0.389 e. The highest BCUT2D eigenvalue weighted by molar-refractivity contribution is 7.89. The number of sulfonamides is 1. The lowest BCUT2D eigenvalue weighted by atomic mass is 10.1. The maximum atomic E-state index is 13.9. The summed E-state index contributed by atoms with van der Waals surface area (Å²) in [5, 5.41) is 0. The van der Waals surface area contributed by atoms with Crippen LogP contribution in [0.1, 0.15) is 31.2 Å². The van der Waals surface area contributed by atoms with Crippen LogP contribution in [0.15, 0.2) is 23.1 Å². The minimum atomic E-state index is -3.83. The minimum absolute atomic E-state index is 0.0440. The summed E-state index contributed by atoms with van der Waals surface area (Å²) in [5.74, 6) is 0.114. The first-order chi connectivity index (χ1) is 9.90. The zero-order valence-corrected chi connectivity index (χ0v) is 13.0. The van der Waals surface area contributed by atoms with Gasteiger partial charge in [0, 0.05) is 6.04 Å². The van der Waals surface area contributed by atoms with Crippen molar-refractivity contribution in [2.45, 2.75) is 36.6 Å². The van der Waals surface area contributed by atoms with Crippen LogP contribution in [0.3, 0.4) is 0 Å². The molecule has 0 bridgehead atoms. The molecule has 3 N–H and O–H groups in total. The summed E-state index contributed by atoms with van der Waals surface area (Å²) in [4.78, 5) is -0.413. The van der Waals surface area contributed by atoms with Gasteiger partial charge in [0.1, 0.15) is 10.8 Å². The summed E-state index contributed by atoms with van der Waals surface area (Å²) in [6, 6.07) is 3.82. The molecule has 0 radical (unpaired) electrons. The van der Waals surface area contributed by atoms with Crippen LogP contribution in [-0.2, 0) is 10.0 Å². The highest BCUT2D eigenvalue weighted by Crippen LogP contribution is 2.45. The Morgan fingerprint density at radius 3 is 2.33 bits per heavy atom. The summed E-state index contributed by atoms with van der Waals surface area (Å²) in [5.41, 5.74) is 5.28. The van der Waals surface area contributed by atoms with Gasteiger partial charge in [0.25, 0.3) is 0 Å². The van der Waals surface area contributed by atoms with Gasteiger partial charge in [-0.25, -0.2) is 17.5 Å². The largest absolute Gasteiger partial charge is 0.389 e. The number of nitrogens with two attached hydrogens (primary N) is 1. The van der Waals surface area contributed by atoms with E-state index >= 15 is 0 Å². The SMILES string of the molecule is NC(=S)c1c(F)cccc1S(=O)(=O)NC(C1CC1)C1CC1. The molecule has 7 heteroatoms. The molecule has 4 nitrogen and oxygen atoms in total. The summed E-state index contributed by atoms with van der Waals surface area (Å²) in [7, 11) is -3.83. The van der Waals surface area contributed by atoms with Crippen LogP contribution in [0.5, 0.6) is 0 Å². The fourth-order valence-electron chi connectivity index (χ4n) is 2.70. The third kappa shape index (κ3) is 3.09. The summed E-state index contributed by atoms with van der Waals surface area (Å²) in [6.07, 6.45) is 4.20. The van der Waals surface area contributed by atoms with E-state index < -0.39 is 15.8 Å². The number of hydrogen-bond donors (Lipinski definition) is 2. The standard InChI is InChI=1S/C14H17FN2O2S2/c15-10-2-1-3-11(12(10)14(16)20)21(18,19)17-13(8-4-5-8)9-6-7-9/h1-3,8-9,13,17H,4-7H2,(H2,16,20). The highest BCUT2D eigenvalue weighted by Gasteiger charge is 2.43. The van der Waals surface area contributed by atoms with Crippen LogP contribution in [0.2, 0.25) is 0 Å². The number of halogens is 1. The molecule has 2 fully saturated rings. The Morgan fingerprint density at radius 2 is 1.86 bits per heavy atom. The second kappa shape index (κ2) is 5.30. The normalized spacial score (nSPS) is 19.0. The molecular formula is C14H17FN2O2S2. The molecule has 0 spiro atoms. The third-order valence-electron chi connectivity index (χ3n) is 4.06. The Balaban J connectivity index is 1.94. The predicted molar refractivity (Wildman–Crippen MR) is 81.8 cm³/mol. The molecule has 3 rings (SSSR count). The van der Waals surface area contributed by atoms with E-state index in [1.807, 2.05) is 0 Å². The van der Waals surface area contributed by atoms with Gasteiger partial charge in [0.05, 0.1) is 10.5 Å². The predicted octanol–water partition coefficient (Wildman–Crippen LogP) is 1.93. The van der Waals surface area contributed by atoms with Crippen molar-refractivity contribution in [3.8, 4) is 0 Å². The van der Waals surface area contributed by atoms with Crippen molar-refractivity contribution in [1.82, 2.24) is 4.72 Å². The van der Waals surface area contributed by atoms with Crippen molar-refractivity contribution in [3.63, 3.8) is 0 Å². The van der Waals surface area contributed by atoms with Gasteiger partial charge in [-0.2, -0.15) is 0 Å². The second-order valence-electron chi connectivity index (χ2n) is 5.80. The number of thiocarbonyl (C=S) groups is 1. The quantitative estimate of drug-likeness (QED) is 0.783. The second-order valence-corrected chi connectivity index (χ2v) is 7.92. The van der Waals surface area contributed by atoms with E-state index in [0.717, 1.165) is 31.7 Å².